The van der Waals surface area contributed by atoms with E-state index < -0.39 is 30.7 Å². The maximum absolute atomic E-state index is 14.4. The first-order valence-electron chi connectivity index (χ1n) is 10.8. The van der Waals surface area contributed by atoms with E-state index in [2.05, 4.69) is 15.2 Å². The molecule has 0 saturated carbocycles. The molecule has 1 N–H and O–H groups in total. The molecule has 0 amide bonds. The molecule has 1 unspecified atom stereocenters. The summed E-state index contributed by atoms with van der Waals surface area (Å²) >= 11 is 5.90. The van der Waals surface area contributed by atoms with E-state index in [0.29, 0.717) is 16.3 Å². The van der Waals surface area contributed by atoms with E-state index in [1.807, 2.05) is 19.1 Å². The van der Waals surface area contributed by atoms with Crippen molar-refractivity contribution in [2.45, 2.75) is 45.4 Å². The number of alkyl halides is 4. The molecule has 0 bridgehead atoms. The van der Waals surface area contributed by atoms with Crippen LogP contribution in [0.5, 0.6) is 0 Å². The summed E-state index contributed by atoms with van der Waals surface area (Å²) in [4.78, 5) is 17.3. The maximum Gasteiger partial charge on any atom is 0.416 e. The highest BCUT2D eigenvalue weighted by molar-refractivity contribution is 6.30. The fraction of sp³-hybridized carbons (Fsp3) is 0.304. The summed E-state index contributed by atoms with van der Waals surface area (Å²) in [5, 5.41) is 18.5. The second-order valence-electron chi connectivity index (χ2n) is 8.14. The average Bonchev–Trinajstić information content (AvgIpc) is 3.36. The Morgan fingerprint density at radius 2 is 1.75 bits per heavy atom. The highest BCUT2D eigenvalue weighted by Gasteiger charge is 2.39. The first-order valence-corrected chi connectivity index (χ1v) is 11.2. The molecule has 2 aromatic carbocycles. The SMILES string of the molecule is Cc1ccccc1-n1nc(Cn2nc(-c3ccc(Cl)cc3)n(C[C@H](O)C(F)(F)F)c2=O)nc1C(C)F. The lowest BCUT2D eigenvalue weighted by Gasteiger charge is -2.15. The van der Waals surface area contributed by atoms with Gasteiger partial charge in [0.2, 0.25) is 0 Å². The van der Waals surface area contributed by atoms with Crippen molar-refractivity contribution in [1.82, 2.24) is 29.1 Å². The van der Waals surface area contributed by atoms with Crippen molar-refractivity contribution < 1.29 is 22.7 Å². The average molecular weight is 525 g/mol. The number of hydrogen-bond acceptors (Lipinski definition) is 5. The van der Waals surface area contributed by atoms with Gasteiger partial charge in [-0.2, -0.15) is 13.2 Å². The lowest BCUT2D eigenvalue weighted by Crippen LogP contribution is -2.37. The van der Waals surface area contributed by atoms with Gasteiger partial charge in [-0.1, -0.05) is 29.8 Å². The van der Waals surface area contributed by atoms with E-state index in [1.165, 1.54) is 35.9 Å². The number of hydrogen-bond donors (Lipinski definition) is 1. The van der Waals surface area contributed by atoms with Crippen molar-refractivity contribution >= 4 is 11.6 Å². The fourth-order valence-corrected chi connectivity index (χ4v) is 3.73. The minimum absolute atomic E-state index is 0.00259. The van der Waals surface area contributed by atoms with Crippen molar-refractivity contribution in [3.8, 4) is 17.1 Å². The zero-order valence-corrected chi connectivity index (χ0v) is 19.9. The number of nitrogens with zero attached hydrogens (tertiary/aromatic N) is 6. The summed E-state index contributed by atoms with van der Waals surface area (Å²) in [5.41, 5.74) is 0.777. The largest absolute Gasteiger partial charge is 0.416 e. The van der Waals surface area contributed by atoms with Crippen LogP contribution in [0.4, 0.5) is 17.6 Å². The standard InChI is InChI=1S/C23H21ClF4N6O2/c1-13-5-3-4-6-17(13)34-20(14(2)25)29-19(30-34)12-33-22(36)32(11-18(35)23(26,27)28)21(31-33)15-7-9-16(24)10-8-15/h3-10,14,18,35H,11-12H2,1-2H3/t14?,18-/m0/s1. The van der Waals surface area contributed by atoms with Crippen LogP contribution in [0.15, 0.2) is 53.3 Å². The maximum atomic E-state index is 14.4. The van der Waals surface area contributed by atoms with Gasteiger partial charge in [-0.25, -0.2) is 23.5 Å². The van der Waals surface area contributed by atoms with Crippen LogP contribution in [0.3, 0.4) is 0 Å². The van der Waals surface area contributed by atoms with Crippen LogP contribution in [-0.4, -0.2) is 46.5 Å². The van der Waals surface area contributed by atoms with Gasteiger partial charge in [0.15, 0.2) is 29.7 Å². The highest BCUT2D eigenvalue weighted by atomic mass is 35.5. The zero-order valence-electron chi connectivity index (χ0n) is 19.1. The predicted molar refractivity (Wildman–Crippen MR) is 124 cm³/mol. The smallest absolute Gasteiger partial charge is 0.382 e. The zero-order chi connectivity index (χ0) is 26.2. The minimum Gasteiger partial charge on any atom is -0.382 e. The third-order valence-electron chi connectivity index (χ3n) is 5.43. The van der Waals surface area contributed by atoms with Crippen molar-refractivity contribution in [1.29, 1.82) is 0 Å². The molecule has 36 heavy (non-hydrogen) atoms. The molecule has 2 aromatic heterocycles. The number of para-hydroxylation sites is 1. The Morgan fingerprint density at radius 3 is 2.36 bits per heavy atom. The van der Waals surface area contributed by atoms with Crippen molar-refractivity contribution in [2.75, 3.05) is 0 Å². The number of aryl methyl sites for hydroxylation is 1. The molecule has 4 aromatic rings. The summed E-state index contributed by atoms with van der Waals surface area (Å²) in [5.74, 6) is -0.0851. The Morgan fingerprint density at radius 1 is 1.08 bits per heavy atom. The van der Waals surface area contributed by atoms with Gasteiger partial charge < -0.3 is 5.11 Å². The lowest BCUT2D eigenvalue weighted by molar-refractivity contribution is -0.207. The molecule has 0 aliphatic heterocycles. The molecule has 0 saturated heterocycles. The topological polar surface area (TPSA) is 90.8 Å². The van der Waals surface area contributed by atoms with Gasteiger partial charge in [0.05, 0.1) is 12.2 Å². The molecular formula is C23H21ClF4N6O2. The molecule has 0 fully saturated rings. The van der Waals surface area contributed by atoms with Gasteiger partial charge in [0.25, 0.3) is 0 Å². The van der Waals surface area contributed by atoms with Crippen LogP contribution in [0, 0.1) is 6.92 Å². The summed E-state index contributed by atoms with van der Waals surface area (Å²) in [6.07, 6.45) is -9.23. The van der Waals surface area contributed by atoms with E-state index in [4.69, 9.17) is 11.6 Å². The second-order valence-corrected chi connectivity index (χ2v) is 8.58. The van der Waals surface area contributed by atoms with E-state index in [0.717, 1.165) is 14.8 Å². The van der Waals surface area contributed by atoms with Crippen LogP contribution < -0.4 is 5.69 Å². The Hall–Kier alpha value is -3.51. The minimum atomic E-state index is -4.95. The van der Waals surface area contributed by atoms with Gasteiger partial charge in [-0.15, -0.1) is 10.2 Å². The fourth-order valence-electron chi connectivity index (χ4n) is 3.60. The van der Waals surface area contributed by atoms with Crippen LogP contribution >= 0.6 is 11.6 Å². The molecule has 13 heteroatoms. The molecule has 8 nitrogen and oxygen atoms in total. The van der Waals surface area contributed by atoms with Crippen LogP contribution in [0.2, 0.25) is 5.02 Å². The Kier molecular flexibility index (Phi) is 7.01. The number of aliphatic hydroxyl groups excluding tert-OH is 1. The van der Waals surface area contributed by atoms with Crippen LogP contribution in [0.25, 0.3) is 17.1 Å². The first kappa shape index (κ1) is 25.6. The van der Waals surface area contributed by atoms with Crippen LogP contribution in [0.1, 0.15) is 30.3 Å². The molecule has 2 atom stereocenters. The molecule has 2 heterocycles. The van der Waals surface area contributed by atoms with E-state index in [9.17, 15) is 27.5 Å². The normalized spacial score (nSPS) is 13.7. The summed E-state index contributed by atoms with van der Waals surface area (Å²) in [6.45, 7) is 1.70. The predicted octanol–water partition coefficient (Wildman–Crippen LogP) is 4.26. The van der Waals surface area contributed by atoms with E-state index in [1.54, 1.807) is 12.1 Å². The molecule has 4 rings (SSSR count). The molecule has 0 spiro atoms. The molecule has 0 aliphatic rings. The third kappa shape index (κ3) is 5.19. The van der Waals surface area contributed by atoms with Crippen molar-refractivity contribution in [2.24, 2.45) is 0 Å². The van der Waals surface area contributed by atoms with Gasteiger partial charge in [-0.05, 0) is 49.7 Å². The molecule has 0 radical (unpaired) electrons. The Labute approximate surface area is 207 Å². The summed E-state index contributed by atoms with van der Waals surface area (Å²) < 4.78 is 56.4. The molecule has 190 valence electrons. The van der Waals surface area contributed by atoms with Gasteiger partial charge in [0, 0.05) is 10.6 Å². The van der Waals surface area contributed by atoms with Crippen molar-refractivity contribution in [3.63, 3.8) is 0 Å². The Bertz CT molecular complexity index is 1430. The van der Waals surface area contributed by atoms with Crippen molar-refractivity contribution in [3.05, 3.63) is 81.3 Å². The quantitative estimate of drug-likeness (QED) is 0.365. The number of aromatic nitrogens is 6. The number of aliphatic hydroxyl groups is 1. The van der Waals surface area contributed by atoms with Gasteiger partial charge >= 0.3 is 11.9 Å². The monoisotopic (exact) mass is 524 g/mol. The van der Waals surface area contributed by atoms with E-state index >= 15 is 0 Å². The lowest BCUT2D eigenvalue weighted by atomic mass is 10.2. The first-order chi connectivity index (χ1) is 17.0. The van der Waals surface area contributed by atoms with Gasteiger partial charge in [-0.3, -0.25) is 4.57 Å². The molecular weight excluding hydrogens is 504 g/mol. The Balaban J connectivity index is 1.78. The summed E-state index contributed by atoms with van der Waals surface area (Å²) in [6, 6.07) is 13.1. The number of benzene rings is 2. The van der Waals surface area contributed by atoms with E-state index in [-0.39, 0.29) is 24.0 Å². The number of rotatable bonds is 7. The highest BCUT2D eigenvalue weighted by Crippen LogP contribution is 2.25. The number of halogens is 5. The summed E-state index contributed by atoms with van der Waals surface area (Å²) in [7, 11) is 0. The molecule has 0 aliphatic carbocycles. The van der Waals surface area contributed by atoms with Gasteiger partial charge in [0.1, 0.15) is 6.54 Å². The third-order valence-corrected chi connectivity index (χ3v) is 5.68. The second kappa shape index (κ2) is 9.86. The van der Waals surface area contributed by atoms with Crippen LogP contribution in [-0.2, 0) is 13.1 Å².